The molecule has 1 saturated carbocycles. The molecule has 0 spiro atoms. The molecule has 106 valence electrons. The van der Waals surface area contributed by atoms with Crippen LogP contribution in [-0.2, 0) is 6.42 Å². The van der Waals surface area contributed by atoms with Crippen LogP contribution in [0.15, 0.2) is 24.3 Å². The van der Waals surface area contributed by atoms with E-state index in [1.54, 1.807) is 0 Å². The van der Waals surface area contributed by atoms with Gasteiger partial charge in [0.2, 0.25) is 0 Å². The minimum absolute atomic E-state index is 0.382. The molecule has 1 aliphatic carbocycles. The van der Waals surface area contributed by atoms with Crippen molar-refractivity contribution in [1.82, 2.24) is 5.43 Å². The fourth-order valence-electron chi connectivity index (χ4n) is 2.75. The van der Waals surface area contributed by atoms with E-state index in [9.17, 15) is 0 Å². The van der Waals surface area contributed by atoms with Gasteiger partial charge in [-0.15, -0.1) is 0 Å². The second kappa shape index (κ2) is 7.93. The zero-order chi connectivity index (χ0) is 13.5. The van der Waals surface area contributed by atoms with Gasteiger partial charge in [0.1, 0.15) is 0 Å². The molecule has 0 bridgehead atoms. The number of aryl methyl sites for hydroxylation is 1. The summed E-state index contributed by atoms with van der Waals surface area (Å²) in [6.07, 6.45) is 8.08. The molecular weight excluding hydrogens is 252 g/mol. The molecule has 3 heteroatoms. The summed E-state index contributed by atoms with van der Waals surface area (Å²) in [6.45, 7) is 2.18. The molecule has 1 fully saturated rings. The van der Waals surface area contributed by atoms with Crippen molar-refractivity contribution in [2.24, 2.45) is 5.84 Å². The smallest absolute Gasteiger partial charge is 0.0341 e. The molecule has 1 aromatic rings. The van der Waals surface area contributed by atoms with Crippen LogP contribution in [0.25, 0.3) is 0 Å². The van der Waals surface area contributed by atoms with E-state index in [0.717, 1.165) is 17.4 Å². The first-order chi connectivity index (χ1) is 9.29. The van der Waals surface area contributed by atoms with Gasteiger partial charge in [0.05, 0.1) is 0 Å². The summed E-state index contributed by atoms with van der Waals surface area (Å²) in [5.74, 6) is 6.84. The Morgan fingerprint density at radius 2 is 2.00 bits per heavy atom. The number of benzene rings is 1. The zero-order valence-electron chi connectivity index (χ0n) is 11.9. The molecule has 0 radical (unpaired) electrons. The van der Waals surface area contributed by atoms with Gasteiger partial charge in [-0.3, -0.25) is 11.3 Å². The van der Waals surface area contributed by atoms with Crippen LogP contribution >= 0.6 is 11.8 Å². The van der Waals surface area contributed by atoms with Crippen molar-refractivity contribution in [3.63, 3.8) is 0 Å². The van der Waals surface area contributed by atoms with E-state index < -0.39 is 0 Å². The van der Waals surface area contributed by atoms with Crippen LogP contribution in [0.5, 0.6) is 0 Å². The lowest BCUT2D eigenvalue weighted by Crippen LogP contribution is -2.39. The maximum atomic E-state index is 5.72. The van der Waals surface area contributed by atoms with Gasteiger partial charge in [0.15, 0.2) is 0 Å². The Morgan fingerprint density at radius 3 is 2.68 bits per heavy atom. The van der Waals surface area contributed by atoms with Crippen LogP contribution in [0.4, 0.5) is 0 Å². The second-order valence-electron chi connectivity index (χ2n) is 5.59. The van der Waals surface area contributed by atoms with Gasteiger partial charge in [-0.2, -0.15) is 11.8 Å². The molecule has 0 heterocycles. The molecule has 2 rings (SSSR count). The van der Waals surface area contributed by atoms with Gasteiger partial charge in [-0.25, -0.2) is 0 Å². The summed E-state index contributed by atoms with van der Waals surface area (Å²) >= 11 is 2.11. The molecular formula is C16H26N2S. The highest BCUT2D eigenvalue weighted by Gasteiger charge is 2.16. The van der Waals surface area contributed by atoms with Gasteiger partial charge in [-0.1, -0.05) is 43.5 Å². The summed E-state index contributed by atoms with van der Waals surface area (Å²) in [4.78, 5) is 0. The molecule has 0 aromatic heterocycles. The molecule has 0 amide bonds. The fourth-order valence-corrected chi connectivity index (χ4v) is 4.14. The van der Waals surface area contributed by atoms with Crippen molar-refractivity contribution in [1.29, 1.82) is 0 Å². The van der Waals surface area contributed by atoms with E-state index in [2.05, 4.69) is 48.4 Å². The van der Waals surface area contributed by atoms with Gasteiger partial charge in [-0.05, 0) is 37.3 Å². The summed E-state index contributed by atoms with van der Waals surface area (Å²) in [5, 5.41) is 0.862. The SMILES string of the molecule is Cc1ccccc1CC(CSC1CCCCC1)NN. The average Bonchev–Trinajstić information content (AvgIpc) is 2.46. The molecule has 1 aromatic carbocycles. The van der Waals surface area contributed by atoms with Crippen molar-refractivity contribution >= 4 is 11.8 Å². The first kappa shape index (κ1) is 14.9. The van der Waals surface area contributed by atoms with Gasteiger partial charge in [0.25, 0.3) is 0 Å². The fraction of sp³-hybridized carbons (Fsp3) is 0.625. The van der Waals surface area contributed by atoms with Crippen LogP contribution < -0.4 is 11.3 Å². The third-order valence-corrected chi connectivity index (χ3v) is 5.59. The molecule has 19 heavy (non-hydrogen) atoms. The summed E-state index contributed by atoms with van der Waals surface area (Å²) in [6, 6.07) is 8.99. The predicted molar refractivity (Wildman–Crippen MR) is 85.3 cm³/mol. The number of hydrazine groups is 1. The number of thioether (sulfide) groups is 1. The minimum atomic E-state index is 0.382. The minimum Gasteiger partial charge on any atom is -0.271 e. The van der Waals surface area contributed by atoms with Crippen LogP contribution in [0.2, 0.25) is 0 Å². The Labute approximate surface area is 121 Å². The average molecular weight is 278 g/mol. The topological polar surface area (TPSA) is 38.0 Å². The normalized spacial score (nSPS) is 18.4. The number of hydrogen-bond donors (Lipinski definition) is 2. The van der Waals surface area contributed by atoms with E-state index in [-0.39, 0.29) is 0 Å². The molecule has 2 nitrogen and oxygen atoms in total. The monoisotopic (exact) mass is 278 g/mol. The maximum absolute atomic E-state index is 5.72. The lowest BCUT2D eigenvalue weighted by Gasteiger charge is -2.24. The predicted octanol–water partition coefficient (Wildman–Crippen LogP) is 3.44. The molecule has 0 aliphatic heterocycles. The Balaban J connectivity index is 1.81. The number of hydrogen-bond acceptors (Lipinski definition) is 3. The standard InChI is InChI=1S/C16H26N2S/c1-13-7-5-6-8-14(13)11-15(18-17)12-19-16-9-3-2-4-10-16/h5-8,15-16,18H,2-4,9-12,17H2,1H3. The van der Waals surface area contributed by atoms with Gasteiger partial charge < -0.3 is 0 Å². The lowest BCUT2D eigenvalue weighted by molar-refractivity contribution is 0.513. The maximum Gasteiger partial charge on any atom is 0.0341 e. The van der Waals surface area contributed by atoms with Gasteiger partial charge >= 0.3 is 0 Å². The van der Waals surface area contributed by atoms with Gasteiger partial charge in [0, 0.05) is 17.0 Å². The van der Waals surface area contributed by atoms with E-state index in [0.29, 0.717) is 6.04 Å². The number of nitrogens with one attached hydrogen (secondary N) is 1. The Kier molecular flexibility index (Phi) is 6.21. The molecule has 1 unspecified atom stereocenters. The van der Waals surface area contributed by atoms with Crippen LogP contribution in [0.3, 0.4) is 0 Å². The third kappa shape index (κ3) is 4.83. The first-order valence-corrected chi connectivity index (χ1v) is 8.46. The van der Waals surface area contributed by atoms with Crippen molar-refractivity contribution in [3.05, 3.63) is 35.4 Å². The quantitative estimate of drug-likeness (QED) is 0.618. The Hall–Kier alpha value is -0.510. The van der Waals surface area contributed by atoms with Crippen molar-refractivity contribution in [2.75, 3.05) is 5.75 Å². The molecule has 3 N–H and O–H groups in total. The lowest BCUT2D eigenvalue weighted by atomic mass is 10.0. The zero-order valence-corrected chi connectivity index (χ0v) is 12.7. The van der Waals surface area contributed by atoms with E-state index in [1.165, 1.54) is 43.2 Å². The molecule has 1 atom stereocenters. The summed E-state index contributed by atoms with van der Waals surface area (Å²) < 4.78 is 0. The van der Waals surface area contributed by atoms with Crippen LogP contribution in [0.1, 0.15) is 43.2 Å². The number of rotatable bonds is 6. The molecule has 0 saturated heterocycles. The highest BCUT2D eigenvalue weighted by Crippen LogP contribution is 2.28. The summed E-state index contributed by atoms with van der Waals surface area (Å²) in [5.41, 5.74) is 5.77. The van der Waals surface area contributed by atoms with Crippen LogP contribution in [-0.4, -0.2) is 17.0 Å². The Morgan fingerprint density at radius 1 is 1.26 bits per heavy atom. The van der Waals surface area contributed by atoms with Crippen molar-refractivity contribution < 1.29 is 0 Å². The summed E-state index contributed by atoms with van der Waals surface area (Å²) in [7, 11) is 0. The van der Waals surface area contributed by atoms with E-state index >= 15 is 0 Å². The highest BCUT2D eigenvalue weighted by molar-refractivity contribution is 7.99. The second-order valence-corrected chi connectivity index (χ2v) is 6.92. The largest absolute Gasteiger partial charge is 0.271 e. The number of nitrogens with two attached hydrogens (primary N) is 1. The van der Waals surface area contributed by atoms with Crippen molar-refractivity contribution in [2.45, 2.75) is 56.7 Å². The first-order valence-electron chi connectivity index (χ1n) is 7.42. The Bertz CT molecular complexity index is 375. The van der Waals surface area contributed by atoms with E-state index in [4.69, 9.17) is 5.84 Å². The van der Waals surface area contributed by atoms with E-state index in [1.807, 2.05) is 0 Å². The van der Waals surface area contributed by atoms with Crippen molar-refractivity contribution in [3.8, 4) is 0 Å². The van der Waals surface area contributed by atoms with Crippen LogP contribution in [0, 0.1) is 6.92 Å². The third-order valence-electron chi connectivity index (χ3n) is 4.05. The molecule has 1 aliphatic rings. The highest BCUT2D eigenvalue weighted by atomic mass is 32.2.